The third-order valence-corrected chi connectivity index (χ3v) is 5.36. The highest BCUT2D eigenvalue weighted by molar-refractivity contribution is 7.92. The average molecular weight is 389 g/mol. The molecule has 27 heavy (non-hydrogen) atoms. The van der Waals surface area contributed by atoms with Gasteiger partial charge in [0.05, 0.1) is 16.8 Å². The van der Waals surface area contributed by atoms with Crippen molar-refractivity contribution in [1.29, 1.82) is 0 Å². The van der Waals surface area contributed by atoms with Gasteiger partial charge in [-0.3, -0.25) is 4.72 Å². The fraction of sp³-hybridized carbons (Fsp3) is 0.105. The molecule has 1 aromatic heterocycles. The number of rotatable bonds is 5. The molecule has 2 aromatic carbocycles. The van der Waals surface area contributed by atoms with Gasteiger partial charge in [0.15, 0.2) is 0 Å². The predicted molar refractivity (Wildman–Crippen MR) is 101 cm³/mol. The lowest BCUT2D eigenvalue weighted by molar-refractivity contribution is 0.590. The number of aryl methyl sites for hydroxylation is 2. The van der Waals surface area contributed by atoms with Crippen molar-refractivity contribution in [3.05, 3.63) is 77.5 Å². The molecule has 0 bridgehead atoms. The van der Waals surface area contributed by atoms with Gasteiger partial charge in [-0.05, 0) is 55.3 Å². The second-order valence-electron chi connectivity index (χ2n) is 6.03. The summed E-state index contributed by atoms with van der Waals surface area (Å²) in [5.74, 6) is -1.39. The van der Waals surface area contributed by atoms with Gasteiger partial charge in [0.1, 0.15) is 23.1 Å². The molecule has 0 radical (unpaired) electrons. The van der Waals surface area contributed by atoms with Crippen LogP contribution in [0.25, 0.3) is 0 Å². The maximum Gasteiger partial charge on any atom is 0.263 e. The summed E-state index contributed by atoms with van der Waals surface area (Å²) in [6, 6.07) is 11.5. The second kappa shape index (κ2) is 7.32. The molecule has 0 amide bonds. The molecule has 0 fully saturated rings. The molecule has 0 saturated carbocycles. The lowest BCUT2D eigenvalue weighted by Gasteiger charge is -2.12. The number of halogens is 2. The molecule has 0 aliphatic carbocycles. The molecule has 0 spiro atoms. The number of nitrogens with one attached hydrogen (secondary N) is 2. The number of nitrogens with zero attached hydrogens (tertiary/aromatic N) is 1. The molecule has 0 atom stereocenters. The SMILES string of the molecule is Cc1ccc(C)c(S(=O)(=O)Nc2ccc(Nc3c(F)cccc3F)cn2)c1. The minimum Gasteiger partial charge on any atom is -0.349 e. The van der Waals surface area contributed by atoms with E-state index >= 15 is 0 Å². The normalized spacial score (nSPS) is 11.3. The van der Waals surface area contributed by atoms with Crippen molar-refractivity contribution in [2.75, 3.05) is 10.0 Å². The summed E-state index contributed by atoms with van der Waals surface area (Å²) in [6.45, 7) is 3.51. The van der Waals surface area contributed by atoms with Crippen LogP contribution in [0, 0.1) is 25.5 Å². The van der Waals surface area contributed by atoms with E-state index in [9.17, 15) is 17.2 Å². The summed E-state index contributed by atoms with van der Waals surface area (Å²) in [4.78, 5) is 4.17. The third kappa shape index (κ3) is 4.22. The van der Waals surface area contributed by atoms with Crippen molar-refractivity contribution in [1.82, 2.24) is 4.98 Å². The van der Waals surface area contributed by atoms with Gasteiger partial charge in [0.2, 0.25) is 0 Å². The number of pyridine rings is 1. The first-order valence-corrected chi connectivity index (χ1v) is 9.52. The molecule has 3 aromatic rings. The van der Waals surface area contributed by atoms with E-state index in [-0.39, 0.29) is 16.4 Å². The largest absolute Gasteiger partial charge is 0.349 e. The Morgan fingerprint density at radius 2 is 1.67 bits per heavy atom. The summed E-state index contributed by atoms with van der Waals surface area (Å²) >= 11 is 0. The molecular formula is C19H17F2N3O2S. The highest BCUT2D eigenvalue weighted by Crippen LogP contribution is 2.24. The van der Waals surface area contributed by atoms with Crippen LogP contribution in [-0.4, -0.2) is 13.4 Å². The Bertz CT molecular complexity index is 1060. The van der Waals surface area contributed by atoms with Crippen molar-refractivity contribution >= 4 is 27.2 Å². The average Bonchev–Trinajstić information content (AvgIpc) is 2.61. The highest BCUT2D eigenvalue weighted by Gasteiger charge is 2.18. The monoisotopic (exact) mass is 389 g/mol. The van der Waals surface area contributed by atoms with E-state index in [1.54, 1.807) is 26.0 Å². The fourth-order valence-electron chi connectivity index (χ4n) is 2.48. The topological polar surface area (TPSA) is 71.1 Å². The number of anilines is 3. The van der Waals surface area contributed by atoms with Gasteiger partial charge in [-0.2, -0.15) is 0 Å². The smallest absolute Gasteiger partial charge is 0.263 e. The van der Waals surface area contributed by atoms with Crippen molar-refractivity contribution < 1.29 is 17.2 Å². The second-order valence-corrected chi connectivity index (χ2v) is 7.68. The van der Waals surface area contributed by atoms with Crippen LogP contribution in [0.2, 0.25) is 0 Å². The van der Waals surface area contributed by atoms with Crippen LogP contribution < -0.4 is 10.0 Å². The van der Waals surface area contributed by atoms with Crippen LogP contribution in [0.4, 0.5) is 26.0 Å². The Balaban J connectivity index is 1.81. The maximum atomic E-state index is 13.7. The van der Waals surface area contributed by atoms with Crippen molar-refractivity contribution in [3.63, 3.8) is 0 Å². The lowest BCUT2D eigenvalue weighted by atomic mass is 10.2. The summed E-state index contributed by atoms with van der Waals surface area (Å²) in [5, 5.41) is 2.59. The zero-order valence-electron chi connectivity index (χ0n) is 14.6. The first-order chi connectivity index (χ1) is 12.8. The molecule has 140 valence electrons. The minimum absolute atomic E-state index is 0.0930. The van der Waals surface area contributed by atoms with Crippen LogP contribution in [-0.2, 0) is 10.0 Å². The zero-order chi connectivity index (χ0) is 19.6. The lowest BCUT2D eigenvalue weighted by Crippen LogP contribution is -2.15. The Kier molecular flexibility index (Phi) is 5.09. The van der Waals surface area contributed by atoms with E-state index in [4.69, 9.17) is 0 Å². The first-order valence-electron chi connectivity index (χ1n) is 8.03. The number of sulfonamides is 1. The van der Waals surface area contributed by atoms with Crippen molar-refractivity contribution in [2.24, 2.45) is 0 Å². The van der Waals surface area contributed by atoms with E-state index in [1.165, 1.54) is 24.4 Å². The first kappa shape index (κ1) is 18.8. The highest BCUT2D eigenvalue weighted by atomic mass is 32.2. The number of benzene rings is 2. The number of para-hydroxylation sites is 1. The third-order valence-electron chi connectivity index (χ3n) is 3.87. The maximum absolute atomic E-state index is 13.7. The molecular weight excluding hydrogens is 372 g/mol. The molecule has 0 saturated heterocycles. The Morgan fingerprint density at radius 3 is 2.30 bits per heavy atom. The molecule has 0 aliphatic rings. The van der Waals surface area contributed by atoms with Gasteiger partial charge in [-0.1, -0.05) is 18.2 Å². The molecule has 1 heterocycles. The predicted octanol–water partition coefficient (Wildman–Crippen LogP) is 4.52. The van der Waals surface area contributed by atoms with Gasteiger partial charge in [-0.15, -0.1) is 0 Å². The summed E-state index contributed by atoms with van der Waals surface area (Å²) < 4.78 is 54.9. The van der Waals surface area contributed by atoms with Crippen LogP contribution >= 0.6 is 0 Å². The van der Waals surface area contributed by atoms with Gasteiger partial charge in [0, 0.05) is 0 Å². The minimum atomic E-state index is -3.80. The van der Waals surface area contributed by atoms with Crippen LogP contribution in [0.5, 0.6) is 0 Å². The van der Waals surface area contributed by atoms with Gasteiger partial charge in [-0.25, -0.2) is 22.2 Å². The molecule has 2 N–H and O–H groups in total. The molecule has 5 nitrogen and oxygen atoms in total. The van der Waals surface area contributed by atoms with Crippen molar-refractivity contribution in [3.8, 4) is 0 Å². The summed E-state index contributed by atoms with van der Waals surface area (Å²) in [7, 11) is -3.80. The number of aromatic nitrogens is 1. The molecule has 3 rings (SSSR count). The van der Waals surface area contributed by atoms with E-state index < -0.39 is 21.7 Å². The Labute approximate surface area is 156 Å². The number of hydrogen-bond donors (Lipinski definition) is 2. The molecule has 8 heteroatoms. The van der Waals surface area contributed by atoms with Gasteiger partial charge >= 0.3 is 0 Å². The summed E-state index contributed by atoms with van der Waals surface area (Å²) in [5.41, 5.74) is 1.44. The quantitative estimate of drug-likeness (QED) is 0.673. The van der Waals surface area contributed by atoms with E-state index in [1.807, 2.05) is 6.07 Å². The van der Waals surface area contributed by atoms with Crippen LogP contribution in [0.15, 0.2) is 59.6 Å². The van der Waals surface area contributed by atoms with Crippen molar-refractivity contribution in [2.45, 2.75) is 18.7 Å². The summed E-state index contributed by atoms with van der Waals surface area (Å²) in [6.07, 6.45) is 1.28. The zero-order valence-corrected chi connectivity index (χ0v) is 15.4. The van der Waals surface area contributed by atoms with Gasteiger partial charge < -0.3 is 5.32 Å². The fourth-order valence-corrected chi connectivity index (χ4v) is 3.82. The van der Waals surface area contributed by atoms with E-state index in [0.29, 0.717) is 11.3 Å². The van der Waals surface area contributed by atoms with Crippen LogP contribution in [0.3, 0.4) is 0 Å². The van der Waals surface area contributed by atoms with E-state index in [0.717, 1.165) is 17.7 Å². The molecule has 0 aliphatic heterocycles. The van der Waals surface area contributed by atoms with Gasteiger partial charge in [0.25, 0.3) is 10.0 Å². The standard InChI is InChI=1S/C19H17F2N3O2S/c1-12-6-7-13(2)17(10-12)27(25,26)24-18-9-8-14(11-22-18)23-19-15(20)4-3-5-16(19)21/h3-11,23H,1-2H3,(H,22,24). The number of hydrogen-bond acceptors (Lipinski definition) is 4. The molecule has 0 unspecified atom stereocenters. The van der Waals surface area contributed by atoms with E-state index in [2.05, 4.69) is 15.0 Å². The Hall–Kier alpha value is -3.00. The van der Waals surface area contributed by atoms with Crippen LogP contribution in [0.1, 0.15) is 11.1 Å². The Morgan fingerprint density at radius 1 is 0.963 bits per heavy atom.